The predicted octanol–water partition coefficient (Wildman–Crippen LogP) is 1.55. The van der Waals surface area contributed by atoms with E-state index in [1.54, 1.807) is 18.3 Å². The average molecular weight is 233 g/mol. The van der Waals surface area contributed by atoms with Gasteiger partial charge in [0, 0.05) is 30.9 Å². The van der Waals surface area contributed by atoms with Crippen molar-refractivity contribution in [3.05, 3.63) is 29.6 Å². The van der Waals surface area contributed by atoms with Crippen LogP contribution < -0.4 is 5.73 Å². The van der Waals surface area contributed by atoms with E-state index in [0.717, 1.165) is 25.1 Å². The van der Waals surface area contributed by atoms with Crippen LogP contribution in [0.5, 0.6) is 0 Å². The second-order valence-electron chi connectivity index (χ2n) is 4.58. The lowest BCUT2D eigenvalue weighted by Gasteiger charge is -2.33. The Balaban J connectivity index is 2.17. The molecule has 2 heterocycles. The summed E-state index contributed by atoms with van der Waals surface area (Å²) >= 11 is 0. The zero-order valence-corrected chi connectivity index (χ0v) is 10.2. The minimum atomic E-state index is 0.106. The summed E-state index contributed by atoms with van der Waals surface area (Å²) in [6.45, 7) is 3.35. The van der Waals surface area contributed by atoms with Gasteiger partial charge in [-0.1, -0.05) is 0 Å². The van der Waals surface area contributed by atoms with Crippen LogP contribution in [0, 0.1) is 0 Å². The fourth-order valence-electron chi connectivity index (χ4n) is 2.29. The highest BCUT2D eigenvalue weighted by Crippen LogP contribution is 2.19. The smallest absolute Gasteiger partial charge is 0.254 e. The molecule has 1 amide bonds. The summed E-state index contributed by atoms with van der Waals surface area (Å²) < 4.78 is 0. The van der Waals surface area contributed by atoms with Crippen molar-refractivity contribution in [2.75, 3.05) is 6.54 Å². The topological polar surface area (TPSA) is 59.2 Å². The quantitative estimate of drug-likeness (QED) is 0.843. The van der Waals surface area contributed by atoms with Crippen molar-refractivity contribution in [2.24, 2.45) is 5.73 Å². The summed E-state index contributed by atoms with van der Waals surface area (Å²) in [6, 6.07) is 3.90. The third-order valence-corrected chi connectivity index (χ3v) is 3.34. The van der Waals surface area contributed by atoms with E-state index in [9.17, 15) is 4.79 Å². The Morgan fingerprint density at radius 2 is 2.41 bits per heavy atom. The minimum Gasteiger partial charge on any atom is -0.336 e. The normalized spacial score (nSPS) is 20.4. The molecule has 0 bridgehead atoms. The van der Waals surface area contributed by atoms with Gasteiger partial charge in [0.05, 0.1) is 5.69 Å². The van der Waals surface area contributed by atoms with Gasteiger partial charge in [-0.25, -0.2) is 0 Å². The average Bonchev–Trinajstić information content (AvgIpc) is 2.38. The first-order chi connectivity index (χ1) is 8.22. The van der Waals surface area contributed by atoms with Crippen LogP contribution in [0.25, 0.3) is 0 Å². The number of carbonyl (C=O) groups excluding carboxylic acids is 1. The summed E-state index contributed by atoms with van der Waals surface area (Å²) in [5.74, 6) is 0.106. The number of aromatic nitrogens is 1. The van der Waals surface area contributed by atoms with Crippen molar-refractivity contribution in [3.63, 3.8) is 0 Å². The molecule has 1 aliphatic rings. The summed E-state index contributed by atoms with van der Waals surface area (Å²) in [7, 11) is 0. The van der Waals surface area contributed by atoms with Crippen LogP contribution in [0.15, 0.2) is 18.3 Å². The minimum absolute atomic E-state index is 0.106. The van der Waals surface area contributed by atoms with Gasteiger partial charge in [-0.15, -0.1) is 0 Å². The number of likely N-dealkylation sites (tertiary alicyclic amines) is 1. The molecule has 1 aromatic rings. The van der Waals surface area contributed by atoms with E-state index >= 15 is 0 Å². The molecule has 0 aromatic carbocycles. The number of amides is 1. The maximum Gasteiger partial charge on any atom is 0.254 e. The summed E-state index contributed by atoms with van der Waals surface area (Å²) in [6.07, 6.45) is 5.07. The van der Waals surface area contributed by atoms with E-state index in [1.807, 2.05) is 4.90 Å². The van der Waals surface area contributed by atoms with E-state index in [2.05, 4.69) is 11.9 Å². The second kappa shape index (κ2) is 5.27. The standard InChI is InChI=1S/C13H19N3O/c1-10-4-2-3-7-16(10)13(17)11-5-6-15-12(8-11)9-14/h5-6,8,10H,2-4,7,9,14H2,1H3. The van der Waals surface area contributed by atoms with Crippen molar-refractivity contribution in [1.29, 1.82) is 0 Å². The Morgan fingerprint density at radius 1 is 1.59 bits per heavy atom. The van der Waals surface area contributed by atoms with Crippen molar-refractivity contribution in [2.45, 2.75) is 38.8 Å². The van der Waals surface area contributed by atoms with Crippen LogP contribution in [0.1, 0.15) is 42.2 Å². The molecule has 0 spiro atoms. The van der Waals surface area contributed by atoms with Gasteiger partial charge in [0.2, 0.25) is 0 Å². The first kappa shape index (κ1) is 12.0. The molecule has 1 saturated heterocycles. The number of nitrogens with zero attached hydrogens (tertiary/aromatic N) is 2. The van der Waals surface area contributed by atoms with Crippen molar-refractivity contribution >= 4 is 5.91 Å². The molecule has 4 heteroatoms. The monoisotopic (exact) mass is 233 g/mol. The molecule has 0 aliphatic carbocycles. The van der Waals surface area contributed by atoms with E-state index in [0.29, 0.717) is 18.2 Å². The Labute approximate surface area is 102 Å². The molecule has 0 saturated carbocycles. The molecule has 0 radical (unpaired) electrons. The summed E-state index contributed by atoms with van der Waals surface area (Å²) in [4.78, 5) is 18.4. The number of rotatable bonds is 2. The van der Waals surface area contributed by atoms with Gasteiger partial charge >= 0.3 is 0 Å². The zero-order chi connectivity index (χ0) is 12.3. The predicted molar refractivity (Wildman–Crippen MR) is 66.5 cm³/mol. The number of piperidine rings is 1. The molecular weight excluding hydrogens is 214 g/mol. The number of nitrogens with two attached hydrogens (primary N) is 1. The van der Waals surface area contributed by atoms with Crippen molar-refractivity contribution < 1.29 is 4.79 Å². The zero-order valence-electron chi connectivity index (χ0n) is 10.2. The van der Waals surface area contributed by atoms with Gasteiger partial charge in [-0.3, -0.25) is 9.78 Å². The second-order valence-corrected chi connectivity index (χ2v) is 4.58. The van der Waals surface area contributed by atoms with Crippen molar-refractivity contribution in [3.8, 4) is 0 Å². The van der Waals surface area contributed by atoms with E-state index in [1.165, 1.54) is 6.42 Å². The third kappa shape index (κ3) is 2.64. The Bertz CT molecular complexity index is 405. The molecular formula is C13H19N3O. The third-order valence-electron chi connectivity index (χ3n) is 3.34. The largest absolute Gasteiger partial charge is 0.336 e. The highest BCUT2D eigenvalue weighted by atomic mass is 16.2. The van der Waals surface area contributed by atoms with E-state index in [4.69, 9.17) is 5.73 Å². The molecule has 17 heavy (non-hydrogen) atoms. The van der Waals surface area contributed by atoms with Gasteiger partial charge in [0.1, 0.15) is 0 Å². The van der Waals surface area contributed by atoms with Crippen molar-refractivity contribution in [1.82, 2.24) is 9.88 Å². The molecule has 1 fully saturated rings. The molecule has 1 aliphatic heterocycles. The molecule has 2 rings (SSSR count). The molecule has 1 unspecified atom stereocenters. The Morgan fingerprint density at radius 3 is 3.12 bits per heavy atom. The molecule has 92 valence electrons. The molecule has 2 N–H and O–H groups in total. The van der Waals surface area contributed by atoms with Crippen LogP contribution in [0.3, 0.4) is 0 Å². The fourth-order valence-corrected chi connectivity index (χ4v) is 2.29. The number of hydrogen-bond donors (Lipinski definition) is 1. The van der Waals surface area contributed by atoms with Gasteiger partial charge in [-0.05, 0) is 38.3 Å². The lowest BCUT2D eigenvalue weighted by Crippen LogP contribution is -2.42. The van der Waals surface area contributed by atoms with Gasteiger partial charge in [0.15, 0.2) is 0 Å². The lowest BCUT2D eigenvalue weighted by atomic mass is 10.0. The highest BCUT2D eigenvalue weighted by Gasteiger charge is 2.24. The molecule has 4 nitrogen and oxygen atoms in total. The Hall–Kier alpha value is -1.42. The number of carbonyl (C=O) groups is 1. The molecule has 1 atom stereocenters. The summed E-state index contributed by atoms with van der Waals surface area (Å²) in [5, 5.41) is 0. The van der Waals surface area contributed by atoms with Gasteiger partial charge in [-0.2, -0.15) is 0 Å². The van der Waals surface area contributed by atoms with Crippen LogP contribution in [0.4, 0.5) is 0 Å². The van der Waals surface area contributed by atoms with Crippen LogP contribution in [-0.2, 0) is 6.54 Å². The number of pyridine rings is 1. The first-order valence-electron chi connectivity index (χ1n) is 6.18. The number of hydrogen-bond acceptors (Lipinski definition) is 3. The summed E-state index contributed by atoms with van der Waals surface area (Å²) in [5.41, 5.74) is 7.00. The maximum atomic E-state index is 12.3. The SMILES string of the molecule is CC1CCCCN1C(=O)c1ccnc(CN)c1. The first-order valence-corrected chi connectivity index (χ1v) is 6.18. The van der Waals surface area contributed by atoms with Gasteiger partial charge in [0.25, 0.3) is 5.91 Å². The molecule has 1 aromatic heterocycles. The fraction of sp³-hybridized carbons (Fsp3) is 0.538. The lowest BCUT2D eigenvalue weighted by molar-refractivity contribution is 0.0635. The highest BCUT2D eigenvalue weighted by molar-refractivity contribution is 5.94. The van der Waals surface area contributed by atoms with Gasteiger partial charge < -0.3 is 10.6 Å². The van der Waals surface area contributed by atoms with E-state index < -0.39 is 0 Å². The Kier molecular flexibility index (Phi) is 3.74. The maximum absolute atomic E-state index is 12.3. The van der Waals surface area contributed by atoms with Crippen LogP contribution in [-0.4, -0.2) is 28.4 Å². The van der Waals surface area contributed by atoms with Crippen LogP contribution in [0.2, 0.25) is 0 Å². The van der Waals surface area contributed by atoms with Crippen LogP contribution >= 0.6 is 0 Å². The van der Waals surface area contributed by atoms with E-state index in [-0.39, 0.29) is 5.91 Å².